The Kier molecular flexibility index (Phi) is 6.70. The molecule has 1 aliphatic rings. The van der Waals surface area contributed by atoms with Crippen molar-refractivity contribution in [2.45, 2.75) is 47.2 Å². The second-order valence-corrected chi connectivity index (χ2v) is 9.37. The molecule has 4 rings (SSSR count). The largest absolute Gasteiger partial charge is 0.366 e. The Morgan fingerprint density at radius 1 is 1.03 bits per heavy atom. The lowest BCUT2D eigenvalue weighted by Crippen LogP contribution is -2.38. The van der Waals surface area contributed by atoms with Crippen molar-refractivity contribution < 1.29 is 0 Å². The summed E-state index contributed by atoms with van der Waals surface area (Å²) in [4.78, 5) is 26.3. The number of aryl methyl sites for hydroxylation is 1. The van der Waals surface area contributed by atoms with E-state index in [1.807, 2.05) is 19.1 Å². The number of nitrogens with zero attached hydrogens (tertiary/aromatic N) is 3. The second-order valence-electron chi connectivity index (χ2n) is 9.37. The van der Waals surface area contributed by atoms with Crippen molar-refractivity contribution in [3.05, 3.63) is 75.3 Å². The molecule has 0 aliphatic carbocycles. The number of benzene rings is 1. The third kappa shape index (κ3) is 5.43. The average Bonchev–Trinajstić information content (AvgIpc) is 2.76. The molecule has 3 aromatic rings. The van der Waals surface area contributed by atoms with Crippen LogP contribution in [0, 0.1) is 25.7 Å². The Morgan fingerprint density at radius 2 is 1.72 bits per heavy atom. The molecule has 6 heteroatoms. The summed E-state index contributed by atoms with van der Waals surface area (Å²) < 4.78 is 0. The van der Waals surface area contributed by atoms with E-state index in [-0.39, 0.29) is 5.56 Å². The summed E-state index contributed by atoms with van der Waals surface area (Å²) in [6.45, 7) is 12.5. The average molecular weight is 432 g/mol. The van der Waals surface area contributed by atoms with Crippen LogP contribution in [0.4, 0.5) is 5.82 Å². The summed E-state index contributed by atoms with van der Waals surface area (Å²) in [6, 6.07) is 12.7. The van der Waals surface area contributed by atoms with Gasteiger partial charge in [-0.05, 0) is 55.4 Å². The zero-order chi connectivity index (χ0) is 22.7. The van der Waals surface area contributed by atoms with Crippen molar-refractivity contribution in [3.8, 4) is 11.4 Å². The number of nitrogens with one attached hydrogen (secondary N) is 2. The van der Waals surface area contributed by atoms with Crippen LogP contribution in [-0.2, 0) is 13.1 Å². The molecule has 168 valence electrons. The topological polar surface area (TPSA) is 73.9 Å². The van der Waals surface area contributed by atoms with E-state index in [9.17, 15) is 4.79 Å². The molecule has 1 aliphatic heterocycles. The fourth-order valence-corrected chi connectivity index (χ4v) is 4.55. The number of likely N-dealkylation sites (tertiary alicyclic amines) is 1. The van der Waals surface area contributed by atoms with Crippen molar-refractivity contribution in [1.29, 1.82) is 0 Å². The van der Waals surface area contributed by atoms with Crippen LogP contribution < -0.4 is 10.9 Å². The monoisotopic (exact) mass is 431 g/mol. The minimum Gasteiger partial charge on any atom is -0.366 e. The highest BCUT2D eigenvalue weighted by molar-refractivity contribution is 5.56. The molecule has 0 bridgehead atoms. The molecular weight excluding hydrogens is 398 g/mol. The molecule has 1 saturated heterocycles. The van der Waals surface area contributed by atoms with Gasteiger partial charge in [0.1, 0.15) is 11.6 Å². The zero-order valence-electron chi connectivity index (χ0n) is 19.5. The fourth-order valence-electron chi connectivity index (χ4n) is 4.55. The van der Waals surface area contributed by atoms with Gasteiger partial charge in [-0.15, -0.1) is 0 Å². The number of aromatic nitrogens is 3. The Balaban J connectivity index is 1.33. The quantitative estimate of drug-likeness (QED) is 0.599. The molecule has 1 aromatic carbocycles. The molecule has 1 fully saturated rings. The molecule has 0 saturated carbocycles. The second kappa shape index (κ2) is 9.65. The van der Waals surface area contributed by atoms with Crippen LogP contribution in [0.15, 0.2) is 47.4 Å². The Bertz CT molecular complexity index is 1090. The van der Waals surface area contributed by atoms with E-state index >= 15 is 0 Å². The van der Waals surface area contributed by atoms with E-state index in [2.05, 4.69) is 63.3 Å². The lowest BCUT2D eigenvalue weighted by atomic mass is 9.91. The van der Waals surface area contributed by atoms with Crippen molar-refractivity contribution in [1.82, 2.24) is 19.9 Å². The summed E-state index contributed by atoms with van der Waals surface area (Å²) >= 11 is 0. The molecular formula is C26H33N5O. The Labute approximate surface area is 190 Å². The maximum absolute atomic E-state index is 12.0. The maximum Gasteiger partial charge on any atom is 0.254 e. The highest BCUT2D eigenvalue weighted by Crippen LogP contribution is 2.22. The third-order valence-corrected chi connectivity index (χ3v) is 6.28. The number of rotatable bonds is 6. The molecule has 2 N–H and O–H groups in total. The van der Waals surface area contributed by atoms with E-state index in [0.717, 1.165) is 35.5 Å². The van der Waals surface area contributed by atoms with Crippen LogP contribution in [-0.4, -0.2) is 32.9 Å². The fraction of sp³-hybridized carbons (Fsp3) is 0.423. The SMILES string of the molecule is Cc1nc(-c2ccc(NCc3ccc(CN4CC(C)CC(C)C4)cc3)nc2)[nH]c(=O)c1C. The van der Waals surface area contributed by atoms with Gasteiger partial charge in [-0.25, -0.2) is 9.97 Å². The van der Waals surface area contributed by atoms with Gasteiger partial charge in [-0.1, -0.05) is 38.1 Å². The predicted octanol–water partition coefficient (Wildman–Crippen LogP) is 4.54. The third-order valence-electron chi connectivity index (χ3n) is 6.28. The Hall–Kier alpha value is -2.99. The van der Waals surface area contributed by atoms with Crippen molar-refractivity contribution >= 4 is 5.82 Å². The van der Waals surface area contributed by atoms with Crippen molar-refractivity contribution in [3.63, 3.8) is 0 Å². The molecule has 32 heavy (non-hydrogen) atoms. The molecule has 6 nitrogen and oxygen atoms in total. The number of hydrogen-bond donors (Lipinski definition) is 2. The van der Waals surface area contributed by atoms with Crippen LogP contribution in [0.5, 0.6) is 0 Å². The van der Waals surface area contributed by atoms with Gasteiger partial charge < -0.3 is 10.3 Å². The van der Waals surface area contributed by atoms with Gasteiger partial charge in [0, 0.05) is 49.2 Å². The predicted molar refractivity (Wildman–Crippen MR) is 130 cm³/mol. The first-order valence-electron chi connectivity index (χ1n) is 11.5. The first kappa shape index (κ1) is 22.2. The van der Waals surface area contributed by atoms with E-state index in [1.54, 1.807) is 13.1 Å². The lowest BCUT2D eigenvalue weighted by molar-refractivity contribution is 0.134. The number of hydrogen-bond acceptors (Lipinski definition) is 5. The van der Waals surface area contributed by atoms with E-state index in [4.69, 9.17) is 0 Å². The van der Waals surface area contributed by atoms with E-state index in [1.165, 1.54) is 30.6 Å². The molecule has 0 spiro atoms. The summed E-state index contributed by atoms with van der Waals surface area (Å²) in [5.41, 5.74) is 4.65. The van der Waals surface area contributed by atoms with Gasteiger partial charge in [0.15, 0.2) is 0 Å². The van der Waals surface area contributed by atoms with Crippen LogP contribution in [0.3, 0.4) is 0 Å². The minimum atomic E-state index is -0.109. The normalized spacial score (nSPS) is 19.1. The van der Waals surface area contributed by atoms with Crippen LogP contribution >= 0.6 is 0 Å². The van der Waals surface area contributed by atoms with Gasteiger partial charge in [0.2, 0.25) is 0 Å². The summed E-state index contributed by atoms with van der Waals surface area (Å²) in [5.74, 6) is 2.91. The number of H-pyrrole nitrogens is 1. The van der Waals surface area contributed by atoms with Gasteiger partial charge in [0.05, 0.1) is 0 Å². The van der Waals surface area contributed by atoms with E-state index < -0.39 is 0 Å². The van der Waals surface area contributed by atoms with Gasteiger partial charge >= 0.3 is 0 Å². The van der Waals surface area contributed by atoms with Crippen LogP contribution in [0.25, 0.3) is 11.4 Å². The van der Waals surface area contributed by atoms with Gasteiger partial charge in [-0.3, -0.25) is 9.69 Å². The maximum atomic E-state index is 12.0. The zero-order valence-corrected chi connectivity index (χ0v) is 19.5. The smallest absolute Gasteiger partial charge is 0.254 e. The lowest BCUT2D eigenvalue weighted by Gasteiger charge is -2.35. The summed E-state index contributed by atoms with van der Waals surface area (Å²) in [6.07, 6.45) is 3.08. The number of anilines is 1. The van der Waals surface area contributed by atoms with Crippen molar-refractivity contribution in [2.75, 3.05) is 18.4 Å². The standard InChI is InChI=1S/C26H33N5O/c1-17-11-18(2)15-31(14-17)16-22-7-5-21(6-8-22)12-27-24-10-9-23(13-28-24)25-29-20(4)19(3)26(32)30-25/h5-10,13,17-18H,11-12,14-16H2,1-4H3,(H,27,28)(H,29,30,32). The molecule has 0 radical (unpaired) electrons. The Morgan fingerprint density at radius 3 is 2.34 bits per heavy atom. The van der Waals surface area contributed by atoms with E-state index in [0.29, 0.717) is 17.9 Å². The van der Waals surface area contributed by atoms with Crippen molar-refractivity contribution in [2.24, 2.45) is 11.8 Å². The van der Waals surface area contributed by atoms with Crippen LogP contribution in [0.2, 0.25) is 0 Å². The highest BCUT2D eigenvalue weighted by Gasteiger charge is 2.21. The van der Waals surface area contributed by atoms with Crippen LogP contribution in [0.1, 0.15) is 42.7 Å². The molecule has 2 aromatic heterocycles. The summed E-state index contributed by atoms with van der Waals surface area (Å²) in [5, 5.41) is 3.37. The minimum absolute atomic E-state index is 0.109. The first-order valence-corrected chi connectivity index (χ1v) is 11.5. The number of pyridine rings is 1. The highest BCUT2D eigenvalue weighted by atomic mass is 16.1. The molecule has 2 unspecified atom stereocenters. The number of aromatic amines is 1. The molecule has 0 amide bonds. The number of piperidine rings is 1. The summed E-state index contributed by atoms with van der Waals surface area (Å²) in [7, 11) is 0. The van der Waals surface area contributed by atoms with Gasteiger partial charge in [0.25, 0.3) is 5.56 Å². The first-order chi connectivity index (χ1) is 15.4. The van der Waals surface area contributed by atoms with Gasteiger partial charge in [-0.2, -0.15) is 0 Å². The molecule has 3 heterocycles. The molecule has 2 atom stereocenters.